The molecule has 0 unspecified atom stereocenters. The van der Waals surface area contributed by atoms with Crippen LogP contribution in [0.15, 0.2) is 36.9 Å². The van der Waals surface area contributed by atoms with Crippen LogP contribution in [0.4, 0.5) is 0 Å². The molecule has 0 heterocycles. The van der Waals surface area contributed by atoms with E-state index in [0.717, 1.165) is 12.0 Å². The highest BCUT2D eigenvalue weighted by Gasteiger charge is 2.14. The fourth-order valence-corrected chi connectivity index (χ4v) is 2.07. The fraction of sp³-hybridized carbons (Fsp3) is 0.467. The molecule has 0 aliphatic rings. The van der Waals surface area contributed by atoms with E-state index < -0.39 is 7.82 Å². The van der Waals surface area contributed by atoms with Crippen molar-refractivity contribution in [3.8, 4) is 5.75 Å². The van der Waals surface area contributed by atoms with Crippen LogP contribution < -0.4 is 0 Å². The molecular formula is C15H26NO7P. The topological polar surface area (TPSA) is 131 Å². The zero-order valence-electron chi connectivity index (χ0n) is 13.5. The van der Waals surface area contributed by atoms with Gasteiger partial charge in [-0.15, -0.1) is 6.58 Å². The third kappa shape index (κ3) is 12.2. The number of phosphoric ester groups is 1. The van der Waals surface area contributed by atoms with Crippen molar-refractivity contribution in [2.75, 3.05) is 39.5 Å². The summed E-state index contributed by atoms with van der Waals surface area (Å²) in [6, 6.07) is 7.27. The van der Waals surface area contributed by atoms with Gasteiger partial charge in [-0.2, -0.15) is 0 Å². The second-order valence-electron chi connectivity index (χ2n) is 4.73. The van der Waals surface area contributed by atoms with Gasteiger partial charge in [-0.05, 0) is 18.1 Å². The number of aliphatic hydroxyl groups excluding tert-OH is 2. The summed E-state index contributed by atoms with van der Waals surface area (Å²) in [4.78, 5) is 18.4. The van der Waals surface area contributed by atoms with Crippen LogP contribution >= 0.6 is 7.82 Å². The molecular weight excluding hydrogens is 337 g/mol. The van der Waals surface area contributed by atoms with Gasteiger partial charge in [0.1, 0.15) is 5.75 Å². The van der Waals surface area contributed by atoms with E-state index in [2.05, 4.69) is 11.1 Å². The van der Waals surface area contributed by atoms with Crippen LogP contribution in [-0.2, 0) is 15.5 Å². The Morgan fingerprint density at radius 3 is 2.17 bits per heavy atom. The molecule has 0 saturated carbocycles. The lowest BCUT2D eigenvalue weighted by molar-refractivity contribution is 0.127. The maximum absolute atomic E-state index is 10.3. The summed E-state index contributed by atoms with van der Waals surface area (Å²) >= 11 is 0. The van der Waals surface area contributed by atoms with Crippen LogP contribution in [0.25, 0.3) is 0 Å². The molecule has 0 bridgehead atoms. The van der Waals surface area contributed by atoms with Crippen LogP contribution in [0.3, 0.4) is 0 Å². The van der Waals surface area contributed by atoms with Gasteiger partial charge in [0.15, 0.2) is 0 Å². The predicted octanol–water partition coefficient (Wildman–Crippen LogP) is 0.503. The highest BCUT2D eigenvalue weighted by Crippen LogP contribution is 2.35. The highest BCUT2D eigenvalue weighted by molar-refractivity contribution is 7.46. The molecule has 0 radical (unpaired) electrons. The summed E-state index contributed by atoms with van der Waals surface area (Å²) in [6.45, 7) is 4.24. The first-order valence-corrected chi connectivity index (χ1v) is 8.89. The average Bonchev–Trinajstić information content (AvgIpc) is 2.50. The van der Waals surface area contributed by atoms with Crippen molar-refractivity contribution in [2.24, 2.45) is 0 Å². The maximum atomic E-state index is 10.3. The Hall–Kier alpha value is -1.25. The molecule has 1 aromatic carbocycles. The largest absolute Gasteiger partial charge is 0.508 e. The molecule has 0 atom stereocenters. The monoisotopic (exact) mass is 363 g/mol. The SMILES string of the molecule is C=CCc1ccccc1O.O=P(O)(O)OCCN(CCO)CCO. The van der Waals surface area contributed by atoms with E-state index in [9.17, 15) is 9.67 Å². The second kappa shape index (κ2) is 13.1. The number of aliphatic hydroxyl groups is 2. The lowest BCUT2D eigenvalue weighted by Crippen LogP contribution is -2.32. The van der Waals surface area contributed by atoms with E-state index in [-0.39, 0.29) is 26.4 Å². The molecule has 0 amide bonds. The van der Waals surface area contributed by atoms with E-state index in [1.165, 1.54) is 0 Å². The predicted molar refractivity (Wildman–Crippen MR) is 90.6 cm³/mol. The van der Waals surface area contributed by atoms with Gasteiger partial charge in [0.2, 0.25) is 0 Å². The normalized spacial score (nSPS) is 11.0. The van der Waals surface area contributed by atoms with Crippen LogP contribution in [0.1, 0.15) is 5.56 Å². The van der Waals surface area contributed by atoms with Crippen molar-refractivity contribution in [3.63, 3.8) is 0 Å². The van der Waals surface area contributed by atoms with E-state index in [1.807, 2.05) is 18.2 Å². The molecule has 0 fully saturated rings. The summed E-state index contributed by atoms with van der Waals surface area (Å²) in [5.41, 5.74) is 0.928. The van der Waals surface area contributed by atoms with E-state index in [1.54, 1.807) is 17.0 Å². The van der Waals surface area contributed by atoms with Crippen molar-refractivity contribution < 1.29 is 34.2 Å². The number of phosphoric acid groups is 1. The van der Waals surface area contributed by atoms with Gasteiger partial charge in [0.25, 0.3) is 0 Å². The van der Waals surface area contributed by atoms with Crippen LogP contribution in [0, 0.1) is 0 Å². The van der Waals surface area contributed by atoms with Gasteiger partial charge >= 0.3 is 7.82 Å². The van der Waals surface area contributed by atoms with Gasteiger partial charge in [0.05, 0.1) is 19.8 Å². The molecule has 1 rings (SSSR count). The Labute approximate surface area is 141 Å². The Bertz CT molecular complexity index is 500. The number of nitrogens with zero attached hydrogens (tertiary/aromatic N) is 1. The lowest BCUT2D eigenvalue weighted by atomic mass is 10.1. The first-order chi connectivity index (χ1) is 11.3. The number of aromatic hydroxyl groups is 1. The number of hydrogen-bond donors (Lipinski definition) is 5. The number of benzene rings is 1. The number of phenols is 1. The van der Waals surface area contributed by atoms with Crippen LogP contribution in [0.5, 0.6) is 5.75 Å². The van der Waals surface area contributed by atoms with E-state index in [0.29, 0.717) is 18.8 Å². The number of hydrogen-bond acceptors (Lipinski definition) is 6. The third-order valence-corrected chi connectivity index (χ3v) is 3.37. The zero-order chi connectivity index (χ0) is 18.4. The van der Waals surface area contributed by atoms with Crippen LogP contribution in [0.2, 0.25) is 0 Å². The number of phenolic OH excluding ortho intramolecular Hbond substituents is 1. The fourth-order valence-electron chi connectivity index (χ4n) is 1.75. The maximum Gasteiger partial charge on any atom is 0.469 e. The molecule has 9 heteroatoms. The Balaban J connectivity index is 0.000000463. The van der Waals surface area contributed by atoms with Crippen LogP contribution in [-0.4, -0.2) is 69.5 Å². The molecule has 0 aliphatic heterocycles. The molecule has 138 valence electrons. The van der Waals surface area contributed by atoms with Crippen molar-refractivity contribution in [2.45, 2.75) is 6.42 Å². The number of rotatable bonds is 10. The molecule has 0 saturated heterocycles. The quantitative estimate of drug-likeness (QED) is 0.300. The smallest absolute Gasteiger partial charge is 0.469 e. The minimum Gasteiger partial charge on any atom is -0.508 e. The van der Waals surface area contributed by atoms with Crippen molar-refractivity contribution in [1.29, 1.82) is 0 Å². The molecule has 5 N–H and O–H groups in total. The van der Waals surface area contributed by atoms with Gasteiger partial charge in [-0.1, -0.05) is 24.3 Å². The number of para-hydroxylation sites is 1. The standard InChI is InChI=1S/C9H10O.C6H16NO6P/c1-2-5-8-6-3-4-7-9(8)10;8-4-1-7(2-5-9)3-6-13-14(10,11)12/h2-4,6-7,10H,1,5H2;8-9H,1-6H2,(H2,10,11,12). The molecule has 0 aromatic heterocycles. The first kappa shape index (κ1) is 22.8. The molecule has 8 nitrogen and oxygen atoms in total. The summed E-state index contributed by atoms with van der Waals surface area (Å²) in [5.74, 6) is 0.349. The highest BCUT2D eigenvalue weighted by atomic mass is 31.2. The van der Waals surface area contributed by atoms with Crippen molar-refractivity contribution >= 4 is 7.82 Å². The number of allylic oxidation sites excluding steroid dienone is 1. The van der Waals surface area contributed by atoms with Crippen molar-refractivity contribution in [1.82, 2.24) is 4.90 Å². The molecule has 0 spiro atoms. The molecule has 0 aliphatic carbocycles. The van der Waals surface area contributed by atoms with Crippen molar-refractivity contribution in [3.05, 3.63) is 42.5 Å². The van der Waals surface area contributed by atoms with E-state index >= 15 is 0 Å². The summed E-state index contributed by atoms with van der Waals surface area (Å²) < 4.78 is 14.5. The third-order valence-electron chi connectivity index (χ3n) is 2.86. The average molecular weight is 363 g/mol. The lowest BCUT2D eigenvalue weighted by Gasteiger charge is -2.19. The zero-order valence-corrected chi connectivity index (χ0v) is 14.4. The van der Waals surface area contributed by atoms with Gasteiger partial charge in [0, 0.05) is 19.6 Å². The Morgan fingerprint density at radius 1 is 1.12 bits per heavy atom. The minimum atomic E-state index is -4.41. The Morgan fingerprint density at radius 2 is 1.71 bits per heavy atom. The Kier molecular flexibility index (Phi) is 12.4. The van der Waals surface area contributed by atoms with Gasteiger partial charge in [-0.3, -0.25) is 9.42 Å². The summed E-state index contributed by atoms with van der Waals surface area (Å²) in [7, 11) is -4.41. The molecule has 24 heavy (non-hydrogen) atoms. The van der Waals surface area contributed by atoms with E-state index in [4.69, 9.17) is 20.0 Å². The summed E-state index contributed by atoms with van der Waals surface area (Å²) in [5, 5.41) is 26.4. The van der Waals surface area contributed by atoms with Gasteiger partial charge in [-0.25, -0.2) is 4.57 Å². The minimum absolute atomic E-state index is 0.0735. The summed E-state index contributed by atoms with van der Waals surface area (Å²) in [6.07, 6.45) is 2.50. The first-order valence-electron chi connectivity index (χ1n) is 7.36. The second-order valence-corrected chi connectivity index (χ2v) is 5.97. The molecule has 1 aromatic rings. The van der Waals surface area contributed by atoms with Gasteiger partial charge < -0.3 is 25.1 Å².